The van der Waals surface area contributed by atoms with Crippen LogP contribution >= 0.6 is 0 Å². The molecule has 2 aromatic heterocycles. The second-order valence-electron chi connectivity index (χ2n) is 7.39. The van der Waals surface area contributed by atoms with Crippen LogP contribution in [-0.4, -0.2) is 35.2 Å². The molecule has 2 aliphatic carbocycles. The summed E-state index contributed by atoms with van der Waals surface area (Å²) in [5, 5.41) is 11.7. The first-order chi connectivity index (χ1) is 11.8. The summed E-state index contributed by atoms with van der Waals surface area (Å²) in [5.41, 5.74) is 3.15. The van der Waals surface area contributed by atoms with E-state index in [0.717, 1.165) is 68.4 Å². The van der Waals surface area contributed by atoms with E-state index in [-0.39, 0.29) is 5.91 Å². The van der Waals surface area contributed by atoms with Crippen LogP contribution in [0.2, 0.25) is 0 Å². The SMILES string of the molecule is O=C(NC1CC1)c1cc(C2CC2)nc2onc(C3CCNCC3)c12. The maximum Gasteiger partial charge on any atom is 0.259 e. The average Bonchev–Trinajstić information content (AvgIpc) is 3.53. The Morgan fingerprint density at radius 1 is 1.12 bits per heavy atom. The van der Waals surface area contributed by atoms with E-state index in [1.165, 1.54) is 0 Å². The zero-order valence-electron chi connectivity index (χ0n) is 13.7. The van der Waals surface area contributed by atoms with Gasteiger partial charge >= 0.3 is 0 Å². The largest absolute Gasteiger partial charge is 0.349 e. The van der Waals surface area contributed by atoms with Gasteiger partial charge in [0.1, 0.15) is 0 Å². The van der Waals surface area contributed by atoms with Crippen LogP contribution in [-0.2, 0) is 0 Å². The molecule has 0 unspecified atom stereocenters. The lowest BCUT2D eigenvalue weighted by molar-refractivity contribution is 0.0952. The third kappa shape index (κ3) is 2.59. The van der Waals surface area contributed by atoms with E-state index >= 15 is 0 Å². The molecule has 0 aromatic carbocycles. The molecule has 1 aliphatic heterocycles. The van der Waals surface area contributed by atoms with Crippen LogP contribution in [0.4, 0.5) is 0 Å². The molecule has 3 aliphatic rings. The number of nitrogens with zero attached hydrogens (tertiary/aromatic N) is 2. The Balaban J connectivity index is 1.60. The first-order valence-electron chi connectivity index (χ1n) is 9.11. The van der Waals surface area contributed by atoms with Crippen LogP contribution in [0.3, 0.4) is 0 Å². The van der Waals surface area contributed by atoms with E-state index < -0.39 is 0 Å². The van der Waals surface area contributed by atoms with Crippen molar-refractivity contribution in [1.82, 2.24) is 20.8 Å². The maximum absolute atomic E-state index is 12.8. The van der Waals surface area contributed by atoms with Crippen molar-refractivity contribution in [2.45, 2.75) is 56.4 Å². The third-order valence-electron chi connectivity index (χ3n) is 5.37. The lowest BCUT2D eigenvalue weighted by Crippen LogP contribution is -2.28. The molecule has 3 heterocycles. The molecule has 3 fully saturated rings. The highest BCUT2D eigenvalue weighted by molar-refractivity contribution is 6.06. The number of carbonyl (C=O) groups is 1. The van der Waals surface area contributed by atoms with Crippen LogP contribution in [0, 0.1) is 0 Å². The number of aromatic nitrogens is 2. The van der Waals surface area contributed by atoms with Crippen molar-refractivity contribution in [2.75, 3.05) is 13.1 Å². The predicted molar refractivity (Wildman–Crippen MR) is 89.1 cm³/mol. The van der Waals surface area contributed by atoms with Gasteiger partial charge in [0, 0.05) is 23.6 Å². The number of amides is 1. The minimum atomic E-state index is 0.00480. The zero-order chi connectivity index (χ0) is 16.1. The van der Waals surface area contributed by atoms with Crippen LogP contribution in [0.1, 0.15) is 72.1 Å². The Kier molecular flexibility index (Phi) is 3.33. The summed E-state index contributed by atoms with van der Waals surface area (Å²) in [6.45, 7) is 1.96. The van der Waals surface area contributed by atoms with Gasteiger partial charge < -0.3 is 15.2 Å². The van der Waals surface area contributed by atoms with Crippen molar-refractivity contribution in [3.63, 3.8) is 0 Å². The Labute approximate surface area is 140 Å². The van der Waals surface area contributed by atoms with E-state index in [1.807, 2.05) is 6.07 Å². The number of carbonyl (C=O) groups excluding carboxylic acids is 1. The molecule has 0 bridgehead atoms. The number of piperidine rings is 1. The van der Waals surface area contributed by atoms with E-state index in [4.69, 9.17) is 4.52 Å². The standard InChI is InChI=1S/C18H22N4O2/c23-17(20-12-3-4-12)13-9-14(10-1-2-10)21-18-15(13)16(22-24-18)11-5-7-19-8-6-11/h9-12,19H,1-8H2,(H,20,23). The lowest BCUT2D eigenvalue weighted by Gasteiger charge is -2.21. The molecular formula is C18H22N4O2. The quantitative estimate of drug-likeness (QED) is 0.902. The fourth-order valence-corrected chi connectivity index (χ4v) is 3.62. The van der Waals surface area contributed by atoms with Crippen molar-refractivity contribution in [3.8, 4) is 0 Å². The van der Waals surface area contributed by atoms with Crippen molar-refractivity contribution < 1.29 is 9.32 Å². The van der Waals surface area contributed by atoms with Gasteiger partial charge in [-0.25, -0.2) is 4.98 Å². The minimum absolute atomic E-state index is 0.00480. The van der Waals surface area contributed by atoms with Gasteiger partial charge in [-0.3, -0.25) is 4.79 Å². The number of pyridine rings is 1. The van der Waals surface area contributed by atoms with Crippen molar-refractivity contribution in [1.29, 1.82) is 0 Å². The Morgan fingerprint density at radius 2 is 1.92 bits per heavy atom. The number of hydrogen-bond donors (Lipinski definition) is 2. The van der Waals surface area contributed by atoms with Gasteiger partial charge in [-0.05, 0) is 57.7 Å². The number of hydrogen-bond acceptors (Lipinski definition) is 5. The van der Waals surface area contributed by atoms with Crippen LogP contribution in [0.15, 0.2) is 10.6 Å². The molecule has 24 heavy (non-hydrogen) atoms. The topological polar surface area (TPSA) is 80.1 Å². The van der Waals surface area contributed by atoms with Gasteiger partial charge in [0.05, 0.1) is 16.6 Å². The van der Waals surface area contributed by atoms with Gasteiger partial charge in [0.15, 0.2) is 0 Å². The second-order valence-corrected chi connectivity index (χ2v) is 7.39. The fourth-order valence-electron chi connectivity index (χ4n) is 3.62. The maximum atomic E-state index is 12.8. The summed E-state index contributed by atoms with van der Waals surface area (Å²) in [5.74, 6) is 0.827. The lowest BCUT2D eigenvalue weighted by atomic mass is 9.91. The van der Waals surface area contributed by atoms with Crippen molar-refractivity contribution >= 4 is 17.0 Å². The summed E-state index contributed by atoms with van der Waals surface area (Å²) < 4.78 is 5.57. The summed E-state index contributed by atoms with van der Waals surface area (Å²) in [6.07, 6.45) is 6.51. The molecule has 2 aromatic rings. The molecule has 6 nitrogen and oxygen atoms in total. The molecule has 2 N–H and O–H groups in total. The molecule has 6 heteroatoms. The Morgan fingerprint density at radius 3 is 2.62 bits per heavy atom. The van der Waals surface area contributed by atoms with E-state index in [0.29, 0.717) is 29.2 Å². The average molecular weight is 326 g/mol. The van der Waals surface area contributed by atoms with E-state index in [9.17, 15) is 4.79 Å². The number of fused-ring (bicyclic) bond motifs is 1. The molecule has 0 spiro atoms. The predicted octanol–water partition coefficient (Wildman–Crippen LogP) is 2.46. The molecule has 0 atom stereocenters. The summed E-state index contributed by atoms with van der Waals surface area (Å²) in [6, 6.07) is 2.33. The Hall–Kier alpha value is -1.95. The van der Waals surface area contributed by atoms with E-state index in [1.54, 1.807) is 0 Å². The molecule has 1 saturated heterocycles. The molecule has 126 valence electrons. The van der Waals surface area contributed by atoms with Gasteiger partial charge in [0.25, 0.3) is 11.6 Å². The first kappa shape index (κ1) is 14.4. The van der Waals surface area contributed by atoms with Crippen molar-refractivity contribution in [3.05, 3.63) is 23.0 Å². The zero-order valence-corrected chi connectivity index (χ0v) is 13.7. The van der Waals surface area contributed by atoms with E-state index in [2.05, 4.69) is 20.8 Å². The number of nitrogens with one attached hydrogen (secondary N) is 2. The minimum Gasteiger partial charge on any atom is -0.349 e. The van der Waals surface area contributed by atoms with Gasteiger partial charge in [-0.15, -0.1) is 0 Å². The van der Waals surface area contributed by atoms with Gasteiger partial charge in [-0.1, -0.05) is 5.16 Å². The molecule has 5 rings (SSSR count). The first-order valence-corrected chi connectivity index (χ1v) is 9.11. The molecule has 1 amide bonds. The summed E-state index contributed by atoms with van der Waals surface area (Å²) in [7, 11) is 0. The van der Waals surface area contributed by atoms with Gasteiger partial charge in [0.2, 0.25) is 0 Å². The molecule has 0 radical (unpaired) electrons. The fraction of sp³-hybridized carbons (Fsp3) is 0.611. The highest BCUT2D eigenvalue weighted by Gasteiger charge is 2.32. The van der Waals surface area contributed by atoms with Crippen molar-refractivity contribution in [2.24, 2.45) is 0 Å². The highest BCUT2D eigenvalue weighted by Crippen LogP contribution is 2.41. The van der Waals surface area contributed by atoms with Gasteiger partial charge in [-0.2, -0.15) is 0 Å². The number of rotatable bonds is 4. The summed E-state index contributed by atoms with van der Waals surface area (Å²) >= 11 is 0. The summed E-state index contributed by atoms with van der Waals surface area (Å²) in [4.78, 5) is 17.5. The monoisotopic (exact) mass is 326 g/mol. The van der Waals surface area contributed by atoms with Crippen LogP contribution < -0.4 is 10.6 Å². The molecule has 2 saturated carbocycles. The Bertz CT molecular complexity index is 786. The smallest absolute Gasteiger partial charge is 0.259 e. The second kappa shape index (κ2) is 5.55. The molecular weight excluding hydrogens is 304 g/mol. The van der Waals surface area contributed by atoms with Crippen LogP contribution in [0.25, 0.3) is 11.1 Å². The third-order valence-corrected chi connectivity index (χ3v) is 5.37. The highest BCUT2D eigenvalue weighted by atomic mass is 16.5. The van der Waals surface area contributed by atoms with Crippen LogP contribution in [0.5, 0.6) is 0 Å². The normalized spacial score (nSPS) is 22.0.